The molecule has 1 heterocycles. The van der Waals surface area contributed by atoms with E-state index in [9.17, 15) is 73.2 Å². The number of rotatable bonds is 31. The maximum atomic E-state index is 13.7. The lowest BCUT2D eigenvalue weighted by molar-refractivity contribution is -0.145. The number of carboxylic acid groups (broad SMARTS) is 4. The number of aliphatic carboxylic acids is 4. The largest absolute Gasteiger partial charge is 0.481 e. The molecule has 0 unspecified atom stereocenters. The van der Waals surface area contributed by atoms with E-state index in [0.29, 0.717) is 11.4 Å². The highest BCUT2D eigenvalue weighted by molar-refractivity contribution is 5.99. The minimum Gasteiger partial charge on any atom is -0.481 e. The van der Waals surface area contributed by atoms with Crippen molar-refractivity contribution in [3.8, 4) is 0 Å². The number of amides is 6. The number of H-pyrrole nitrogens is 1. The van der Waals surface area contributed by atoms with Crippen LogP contribution >= 0.6 is 0 Å². The zero-order chi connectivity index (χ0) is 54.2. The Morgan fingerprint density at radius 2 is 1.26 bits per heavy atom. The van der Waals surface area contributed by atoms with E-state index in [1.807, 2.05) is 5.32 Å². The van der Waals surface area contributed by atoms with E-state index in [2.05, 4.69) is 63.9 Å². The quantitative estimate of drug-likeness (QED) is 0.0209. The third-order valence-corrected chi connectivity index (χ3v) is 9.92. The van der Waals surface area contributed by atoms with Gasteiger partial charge >= 0.3 is 23.9 Å². The van der Waals surface area contributed by atoms with Crippen LogP contribution in [0.2, 0.25) is 0 Å². The highest BCUT2D eigenvalue weighted by atomic mass is 16.4. The highest BCUT2D eigenvalue weighted by Crippen LogP contribution is 2.21. The van der Waals surface area contributed by atoms with Crippen molar-refractivity contribution in [1.29, 1.82) is 5.41 Å². The first-order chi connectivity index (χ1) is 33.8. The number of nitrogens with two attached hydrogens (primary N) is 2. The van der Waals surface area contributed by atoms with Gasteiger partial charge in [-0.2, -0.15) is 4.98 Å². The molecule has 0 spiro atoms. The summed E-state index contributed by atoms with van der Waals surface area (Å²) in [6.45, 7) is 8.14. The Hall–Kier alpha value is -8.99. The number of guanidine groups is 1. The van der Waals surface area contributed by atoms with Gasteiger partial charge in [-0.1, -0.05) is 6.92 Å². The average molecular weight is 1010 g/mol. The van der Waals surface area contributed by atoms with Crippen molar-refractivity contribution in [2.24, 2.45) is 15.7 Å². The highest BCUT2D eigenvalue weighted by Gasteiger charge is 2.34. The molecular weight excluding hydrogens is 955 g/mol. The second kappa shape index (κ2) is 29.1. The van der Waals surface area contributed by atoms with Crippen LogP contribution in [0.5, 0.6) is 0 Å². The molecule has 2 aromatic rings. The average Bonchev–Trinajstić information content (AvgIpc) is 3.29. The van der Waals surface area contributed by atoms with Crippen molar-refractivity contribution >= 4 is 101 Å². The van der Waals surface area contributed by atoms with Crippen molar-refractivity contribution in [3.05, 3.63) is 40.2 Å². The number of aromatic amines is 1. The van der Waals surface area contributed by atoms with Gasteiger partial charge in [0.25, 0.3) is 11.5 Å². The summed E-state index contributed by atoms with van der Waals surface area (Å²) in [4.78, 5) is 152. The standard InChI is InChI=1S/C42H59N15O15/c1-5-23(40(71)72)52-37(68)26(16-30(61)62)55-38(69)27(17-31(63)64)54-35(66)24(7-6-14-47-41(43)44)53-36(67)25(15-29(59)60)51-28(58)13-8-19(2)50-34(65)21-9-11-22(12-10-21)48-18-20(3)49-32-33(46-4)56-42(45)57-39(32)70/h9-12,19,23-27,48H,4-8,13-18H2,1-3H3,(H,50,65)(H,51,58)(H,52,68)(H,53,67)(H,54,66)(H,55,69)(H,59,60)(H,61,62)(H,63,64)(H,71,72)(H4,43,44,47)(H3,45,56,57,70)/b49-20+/t19-,23-,24+,25+,26+,27+/m1/s1. The van der Waals surface area contributed by atoms with Crippen LogP contribution in [0.3, 0.4) is 0 Å². The van der Waals surface area contributed by atoms with Crippen LogP contribution in [-0.2, 0) is 43.2 Å². The summed E-state index contributed by atoms with van der Waals surface area (Å²) in [5.74, 6) is -13.4. The van der Waals surface area contributed by atoms with Crippen LogP contribution in [0.1, 0.15) is 82.5 Å². The van der Waals surface area contributed by atoms with E-state index in [-0.39, 0.29) is 68.2 Å². The van der Waals surface area contributed by atoms with Gasteiger partial charge in [0.05, 0.1) is 25.8 Å². The maximum Gasteiger partial charge on any atom is 0.326 e. The molecule has 6 amide bonds. The van der Waals surface area contributed by atoms with Crippen molar-refractivity contribution in [2.45, 2.75) is 108 Å². The number of benzene rings is 1. The van der Waals surface area contributed by atoms with Crippen molar-refractivity contribution in [2.75, 3.05) is 24.1 Å². The molecule has 1 aromatic carbocycles. The number of nitrogen functional groups attached to an aromatic ring is 1. The predicted molar refractivity (Wildman–Crippen MR) is 256 cm³/mol. The minimum atomic E-state index is -2.04. The lowest BCUT2D eigenvalue weighted by Crippen LogP contribution is -2.59. The molecule has 0 bridgehead atoms. The lowest BCUT2D eigenvalue weighted by Gasteiger charge is -2.26. The fourth-order valence-corrected chi connectivity index (χ4v) is 6.25. The van der Waals surface area contributed by atoms with Crippen molar-refractivity contribution in [3.63, 3.8) is 0 Å². The van der Waals surface area contributed by atoms with Crippen LogP contribution in [0.4, 0.5) is 23.1 Å². The Kier molecular flexibility index (Phi) is 23.9. The van der Waals surface area contributed by atoms with E-state index < -0.39 is 126 Å². The smallest absolute Gasteiger partial charge is 0.326 e. The molecule has 30 nitrogen and oxygen atoms in total. The number of carbonyl (C=O) groups excluding carboxylic acids is 6. The molecular formula is C42H59N15O15. The summed E-state index contributed by atoms with van der Waals surface area (Å²) in [5, 5.41) is 64.1. The molecule has 18 N–H and O–H groups in total. The Morgan fingerprint density at radius 3 is 1.75 bits per heavy atom. The first-order valence-electron chi connectivity index (χ1n) is 21.9. The van der Waals surface area contributed by atoms with Gasteiger partial charge in [-0.3, -0.25) is 58.3 Å². The van der Waals surface area contributed by atoms with Crippen LogP contribution in [-0.4, -0.2) is 157 Å². The lowest BCUT2D eigenvalue weighted by atomic mass is 10.1. The number of aliphatic imine (C=N–C) groups is 2. The predicted octanol–water partition coefficient (Wildman–Crippen LogP) is -2.61. The number of nitrogens with zero attached hydrogens (tertiary/aromatic N) is 3. The molecule has 0 radical (unpaired) electrons. The Bertz CT molecular complexity index is 2450. The number of aromatic nitrogens is 2. The minimum absolute atomic E-state index is 0.00161. The van der Waals surface area contributed by atoms with Crippen LogP contribution in [0, 0.1) is 5.41 Å². The normalized spacial score (nSPS) is 13.5. The third kappa shape index (κ3) is 21.1. The van der Waals surface area contributed by atoms with Crippen molar-refractivity contribution < 1.29 is 68.4 Å². The molecule has 72 heavy (non-hydrogen) atoms. The zero-order valence-electron chi connectivity index (χ0n) is 39.3. The van der Waals surface area contributed by atoms with Gasteiger partial charge in [-0.05, 0) is 70.5 Å². The van der Waals surface area contributed by atoms with E-state index in [0.717, 1.165) is 0 Å². The summed E-state index contributed by atoms with van der Waals surface area (Å²) < 4.78 is 0. The van der Waals surface area contributed by atoms with E-state index in [1.165, 1.54) is 19.1 Å². The monoisotopic (exact) mass is 1010 g/mol. The van der Waals surface area contributed by atoms with E-state index >= 15 is 0 Å². The summed E-state index contributed by atoms with van der Waals surface area (Å²) in [6, 6.07) is -3.33. The van der Waals surface area contributed by atoms with Gasteiger partial charge in [-0.25, -0.2) is 14.8 Å². The molecule has 0 fully saturated rings. The summed E-state index contributed by atoms with van der Waals surface area (Å²) in [7, 11) is 0. The van der Waals surface area contributed by atoms with Gasteiger partial charge in [0.15, 0.2) is 17.5 Å². The first kappa shape index (κ1) is 59.1. The molecule has 30 heteroatoms. The SMILES string of the molecule is C=Nc1nc(N)[nH]c(=O)c1/N=C(\C)CNc1ccc(C(=O)N[C@H](C)CCC(=O)N[C@@H](CC(=O)O)C(=O)N[C@@H](CCCNC(=N)N)C(=O)N[C@@H](CC(=O)O)C(=O)N[C@@H](CC(=O)O)C(=O)N[C@H](CC)C(=O)O)cc1. The van der Waals surface area contributed by atoms with Gasteiger partial charge < -0.3 is 74.4 Å². The summed E-state index contributed by atoms with van der Waals surface area (Å²) in [6.07, 6.45) is -4.05. The summed E-state index contributed by atoms with van der Waals surface area (Å²) in [5.41, 5.74) is 11.5. The molecule has 0 saturated carbocycles. The van der Waals surface area contributed by atoms with E-state index in [4.69, 9.17) is 16.9 Å². The number of hydrogen-bond donors (Lipinski definition) is 16. The molecule has 1 aromatic heterocycles. The van der Waals surface area contributed by atoms with Gasteiger partial charge in [0.2, 0.25) is 35.5 Å². The fraction of sp³-hybridized carbons (Fsp3) is 0.452. The second-order valence-electron chi connectivity index (χ2n) is 15.9. The number of nitrogens with one attached hydrogen (secondary N) is 10. The molecule has 0 aliphatic heterocycles. The van der Waals surface area contributed by atoms with E-state index in [1.54, 1.807) is 26.0 Å². The number of hydrogen-bond acceptors (Lipinski definition) is 17. The van der Waals surface area contributed by atoms with Gasteiger partial charge in [-0.15, -0.1) is 0 Å². The van der Waals surface area contributed by atoms with Crippen molar-refractivity contribution in [1.82, 2.24) is 47.2 Å². The van der Waals surface area contributed by atoms with Crippen LogP contribution in [0.25, 0.3) is 0 Å². The topological polar surface area (TPSA) is 494 Å². The first-order valence-corrected chi connectivity index (χ1v) is 21.9. The third-order valence-electron chi connectivity index (χ3n) is 9.92. The maximum absolute atomic E-state index is 13.7. The van der Waals surface area contributed by atoms with Crippen LogP contribution < -0.4 is 59.6 Å². The Balaban J connectivity index is 2.14. The number of carboxylic acids is 4. The summed E-state index contributed by atoms with van der Waals surface area (Å²) >= 11 is 0. The molecule has 0 aliphatic carbocycles. The molecule has 6 atom stereocenters. The van der Waals surface area contributed by atoms with Gasteiger partial charge in [0.1, 0.15) is 30.2 Å². The second-order valence-corrected chi connectivity index (χ2v) is 15.9. The zero-order valence-corrected chi connectivity index (χ0v) is 39.3. The molecule has 0 aliphatic rings. The Labute approximate surface area is 409 Å². The van der Waals surface area contributed by atoms with Gasteiger partial charge in [0, 0.05) is 36.0 Å². The number of carbonyl (C=O) groups is 10. The molecule has 392 valence electrons. The molecule has 0 saturated heterocycles. The fourth-order valence-electron chi connectivity index (χ4n) is 6.25. The molecule has 2 rings (SSSR count). The Morgan fingerprint density at radius 1 is 0.764 bits per heavy atom. The van der Waals surface area contributed by atoms with Crippen LogP contribution in [0.15, 0.2) is 39.0 Å². The number of anilines is 2.